The molecule has 1 atom stereocenters. The third-order valence-corrected chi connectivity index (χ3v) is 5.20. The largest absolute Gasteiger partial charge is 0.338 e. The number of rotatable bonds is 3. The lowest BCUT2D eigenvalue weighted by molar-refractivity contribution is 0.0706. The standard InChI is InChI=1S/C22H19FN4O/c23-19-9-7-16(8-10-19)20-13-25-26-21(20)18-2-1-11-27(14-18)22(28)17-5-3-15(12-24)4-6-17/h3-10,13,18H,1-2,11,14H2,(H,25,26)/t18-/m0/s1. The molecule has 1 amide bonds. The zero-order valence-electron chi connectivity index (χ0n) is 15.2. The van der Waals surface area contributed by atoms with Gasteiger partial charge >= 0.3 is 0 Å². The topological polar surface area (TPSA) is 72.8 Å². The summed E-state index contributed by atoms with van der Waals surface area (Å²) in [5.41, 5.74) is 3.94. The van der Waals surface area contributed by atoms with Gasteiger partial charge in [-0.2, -0.15) is 10.4 Å². The summed E-state index contributed by atoms with van der Waals surface area (Å²) in [4.78, 5) is 14.7. The Hall–Kier alpha value is -3.46. The van der Waals surface area contributed by atoms with E-state index in [0.717, 1.165) is 29.7 Å². The summed E-state index contributed by atoms with van der Waals surface area (Å²) in [6, 6.07) is 15.1. The molecule has 2 heterocycles. The number of halogens is 1. The Morgan fingerprint density at radius 3 is 2.64 bits per heavy atom. The molecule has 0 unspecified atom stereocenters. The van der Waals surface area contributed by atoms with Crippen molar-refractivity contribution in [2.75, 3.05) is 13.1 Å². The summed E-state index contributed by atoms with van der Waals surface area (Å²) in [6.07, 6.45) is 3.60. The zero-order valence-corrected chi connectivity index (χ0v) is 15.2. The van der Waals surface area contributed by atoms with Crippen LogP contribution >= 0.6 is 0 Å². The molecule has 1 N–H and O–H groups in total. The van der Waals surface area contributed by atoms with Crippen molar-refractivity contribution < 1.29 is 9.18 Å². The van der Waals surface area contributed by atoms with Crippen molar-refractivity contribution in [3.8, 4) is 17.2 Å². The van der Waals surface area contributed by atoms with Gasteiger partial charge in [-0.1, -0.05) is 12.1 Å². The average molecular weight is 374 g/mol. The highest BCUT2D eigenvalue weighted by molar-refractivity contribution is 5.94. The van der Waals surface area contributed by atoms with E-state index in [4.69, 9.17) is 5.26 Å². The van der Waals surface area contributed by atoms with Crippen molar-refractivity contribution in [1.29, 1.82) is 5.26 Å². The number of nitrogens with zero attached hydrogens (tertiary/aromatic N) is 3. The van der Waals surface area contributed by atoms with Crippen LogP contribution in [0.5, 0.6) is 0 Å². The Morgan fingerprint density at radius 2 is 1.93 bits per heavy atom. The normalized spacial score (nSPS) is 16.6. The van der Waals surface area contributed by atoms with Crippen molar-refractivity contribution in [2.45, 2.75) is 18.8 Å². The van der Waals surface area contributed by atoms with Gasteiger partial charge in [-0.05, 0) is 54.8 Å². The fourth-order valence-electron chi connectivity index (χ4n) is 3.73. The second kappa shape index (κ2) is 7.65. The molecule has 0 aliphatic carbocycles. The van der Waals surface area contributed by atoms with Crippen LogP contribution in [0.4, 0.5) is 4.39 Å². The second-order valence-electron chi connectivity index (χ2n) is 6.98. The van der Waals surface area contributed by atoms with Gasteiger partial charge in [0.1, 0.15) is 5.82 Å². The van der Waals surface area contributed by atoms with E-state index in [9.17, 15) is 9.18 Å². The quantitative estimate of drug-likeness (QED) is 0.750. The Balaban J connectivity index is 1.54. The highest BCUT2D eigenvalue weighted by Gasteiger charge is 2.28. The minimum atomic E-state index is -0.273. The second-order valence-corrected chi connectivity index (χ2v) is 6.98. The molecule has 0 saturated carbocycles. The average Bonchev–Trinajstić information content (AvgIpc) is 3.24. The van der Waals surface area contributed by atoms with Gasteiger partial charge in [0.15, 0.2) is 0 Å². The van der Waals surface area contributed by atoms with E-state index in [1.807, 2.05) is 4.90 Å². The van der Waals surface area contributed by atoms with Gasteiger partial charge in [0.05, 0.1) is 17.8 Å². The lowest BCUT2D eigenvalue weighted by Crippen LogP contribution is -2.39. The minimum absolute atomic E-state index is 0.0305. The first kappa shape index (κ1) is 17.9. The number of aromatic nitrogens is 2. The molecular weight excluding hydrogens is 355 g/mol. The fraction of sp³-hybridized carbons (Fsp3) is 0.227. The smallest absolute Gasteiger partial charge is 0.253 e. The third-order valence-electron chi connectivity index (χ3n) is 5.20. The van der Waals surface area contributed by atoms with E-state index in [1.165, 1.54) is 12.1 Å². The molecular formula is C22H19FN4O. The first-order valence-corrected chi connectivity index (χ1v) is 9.24. The van der Waals surface area contributed by atoms with Gasteiger partial charge in [0.25, 0.3) is 5.91 Å². The predicted octanol–water partition coefficient (Wildman–Crippen LogP) is 4.11. The molecule has 3 aromatic rings. The number of amides is 1. The Bertz CT molecular complexity index is 1020. The van der Waals surface area contributed by atoms with E-state index in [-0.39, 0.29) is 17.6 Å². The van der Waals surface area contributed by atoms with E-state index in [1.54, 1.807) is 42.6 Å². The van der Waals surface area contributed by atoms with Crippen molar-refractivity contribution in [1.82, 2.24) is 15.1 Å². The van der Waals surface area contributed by atoms with E-state index >= 15 is 0 Å². The number of hydrogen-bond acceptors (Lipinski definition) is 3. The summed E-state index contributed by atoms with van der Waals surface area (Å²) in [6.45, 7) is 1.30. The molecule has 0 spiro atoms. The van der Waals surface area contributed by atoms with Gasteiger partial charge in [0.2, 0.25) is 0 Å². The summed E-state index contributed by atoms with van der Waals surface area (Å²) in [5, 5.41) is 16.2. The molecule has 1 aliphatic heterocycles. The molecule has 1 aliphatic rings. The monoisotopic (exact) mass is 374 g/mol. The highest BCUT2D eigenvalue weighted by Crippen LogP contribution is 2.33. The van der Waals surface area contributed by atoms with Crippen LogP contribution in [0.3, 0.4) is 0 Å². The maximum atomic E-state index is 13.2. The summed E-state index contributed by atoms with van der Waals surface area (Å²) in [5.74, 6) is -0.165. The van der Waals surface area contributed by atoms with Crippen LogP contribution < -0.4 is 0 Å². The molecule has 4 rings (SSSR count). The molecule has 5 nitrogen and oxygen atoms in total. The number of carbonyl (C=O) groups excluding carboxylic acids is 1. The number of H-pyrrole nitrogens is 1. The first-order valence-electron chi connectivity index (χ1n) is 9.24. The van der Waals surface area contributed by atoms with Crippen molar-refractivity contribution >= 4 is 5.91 Å². The van der Waals surface area contributed by atoms with Crippen molar-refractivity contribution in [3.05, 3.63) is 77.4 Å². The molecule has 2 aromatic carbocycles. The maximum Gasteiger partial charge on any atom is 0.253 e. The molecule has 1 saturated heterocycles. The van der Waals surface area contributed by atoms with Crippen LogP contribution in [0, 0.1) is 17.1 Å². The van der Waals surface area contributed by atoms with Gasteiger partial charge in [-0.25, -0.2) is 4.39 Å². The summed E-state index contributed by atoms with van der Waals surface area (Å²) < 4.78 is 13.2. The van der Waals surface area contributed by atoms with Crippen LogP contribution in [-0.2, 0) is 0 Å². The lowest BCUT2D eigenvalue weighted by atomic mass is 9.90. The van der Waals surface area contributed by atoms with Crippen LogP contribution in [0.1, 0.15) is 40.4 Å². The highest BCUT2D eigenvalue weighted by atomic mass is 19.1. The summed E-state index contributed by atoms with van der Waals surface area (Å²) in [7, 11) is 0. The maximum absolute atomic E-state index is 13.2. The van der Waals surface area contributed by atoms with E-state index in [0.29, 0.717) is 24.2 Å². The molecule has 1 aromatic heterocycles. The number of aromatic amines is 1. The minimum Gasteiger partial charge on any atom is -0.338 e. The molecule has 28 heavy (non-hydrogen) atoms. The van der Waals surface area contributed by atoms with Gasteiger partial charge in [0, 0.05) is 35.8 Å². The number of nitrogens with one attached hydrogen (secondary N) is 1. The zero-order chi connectivity index (χ0) is 19.5. The number of piperidine rings is 1. The molecule has 1 fully saturated rings. The summed E-state index contributed by atoms with van der Waals surface area (Å²) >= 11 is 0. The number of benzene rings is 2. The van der Waals surface area contributed by atoms with Crippen LogP contribution in [-0.4, -0.2) is 34.1 Å². The number of hydrogen-bond donors (Lipinski definition) is 1. The van der Waals surface area contributed by atoms with Gasteiger partial charge in [-0.3, -0.25) is 9.89 Å². The molecule has 0 radical (unpaired) electrons. The van der Waals surface area contributed by atoms with Crippen LogP contribution in [0.15, 0.2) is 54.7 Å². The van der Waals surface area contributed by atoms with E-state index in [2.05, 4.69) is 16.3 Å². The van der Waals surface area contributed by atoms with Crippen molar-refractivity contribution in [2.24, 2.45) is 0 Å². The molecule has 140 valence electrons. The van der Waals surface area contributed by atoms with Gasteiger partial charge < -0.3 is 4.90 Å². The Kier molecular flexibility index (Phi) is 4.90. The van der Waals surface area contributed by atoms with E-state index < -0.39 is 0 Å². The van der Waals surface area contributed by atoms with Crippen LogP contribution in [0.25, 0.3) is 11.1 Å². The Labute approximate surface area is 162 Å². The van der Waals surface area contributed by atoms with Crippen LogP contribution in [0.2, 0.25) is 0 Å². The lowest BCUT2D eigenvalue weighted by Gasteiger charge is -2.33. The van der Waals surface area contributed by atoms with Crippen molar-refractivity contribution in [3.63, 3.8) is 0 Å². The fourth-order valence-corrected chi connectivity index (χ4v) is 3.73. The number of carbonyl (C=O) groups is 1. The number of nitriles is 1. The Morgan fingerprint density at radius 1 is 1.18 bits per heavy atom. The molecule has 0 bridgehead atoms. The SMILES string of the molecule is N#Cc1ccc(C(=O)N2CCC[C@H](c3[nH]ncc3-c3ccc(F)cc3)C2)cc1. The molecule has 6 heteroatoms. The number of likely N-dealkylation sites (tertiary alicyclic amines) is 1. The van der Waals surface area contributed by atoms with Gasteiger partial charge in [-0.15, -0.1) is 0 Å². The predicted molar refractivity (Wildman–Crippen MR) is 103 cm³/mol. The first-order chi connectivity index (χ1) is 13.7. The third kappa shape index (κ3) is 3.52.